The lowest BCUT2D eigenvalue weighted by atomic mass is 10.2. The summed E-state index contributed by atoms with van der Waals surface area (Å²) in [5.41, 5.74) is 2.18. The van der Waals surface area contributed by atoms with E-state index in [0.717, 1.165) is 15.9 Å². The molecule has 1 aliphatic carbocycles. The highest BCUT2D eigenvalue weighted by Gasteiger charge is 2.24. The Balaban J connectivity index is 2.09. The summed E-state index contributed by atoms with van der Waals surface area (Å²) in [6, 6.07) is 7.70. The number of nitrogens with zero attached hydrogens (tertiary/aromatic N) is 1. The summed E-state index contributed by atoms with van der Waals surface area (Å²) in [4.78, 5) is 7.75. The predicted octanol–water partition coefficient (Wildman–Crippen LogP) is 5.10. The fraction of sp³-hybridized carbons (Fsp3) is 0.231. The molecule has 0 atom stereocenters. The van der Waals surface area contributed by atoms with E-state index in [1.807, 2.05) is 24.3 Å². The molecule has 1 aromatic heterocycles. The van der Waals surface area contributed by atoms with Crippen molar-refractivity contribution in [3.63, 3.8) is 0 Å². The maximum Gasteiger partial charge on any atom is 0.139 e. The van der Waals surface area contributed by atoms with Crippen molar-refractivity contribution < 1.29 is 0 Å². The summed E-state index contributed by atoms with van der Waals surface area (Å²) in [5, 5.41) is 0.690. The molecule has 5 heteroatoms. The van der Waals surface area contributed by atoms with Gasteiger partial charge in [0.1, 0.15) is 10.5 Å². The Morgan fingerprint density at radius 1 is 1.33 bits per heavy atom. The number of benzene rings is 1. The molecule has 1 N–H and O–H groups in total. The van der Waals surface area contributed by atoms with E-state index >= 15 is 0 Å². The Bertz CT molecular complexity index is 664. The molecule has 0 spiro atoms. The van der Waals surface area contributed by atoms with Gasteiger partial charge in [0.05, 0.1) is 5.02 Å². The lowest BCUT2D eigenvalue weighted by Gasteiger charge is -2.06. The van der Waals surface area contributed by atoms with Crippen molar-refractivity contribution in [2.24, 2.45) is 0 Å². The van der Waals surface area contributed by atoms with Crippen molar-refractivity contribution in [3.8, 4) is 11.4 Å². The highest BCUT2D eigenvalue weighted by molar-refractivity contribution is 9.10. The number of halogens is 2. The highest BCUT2D eigenvalue weighted by atomic mass is 79.9. The van der Waals surface area contributed by atoms with Gasteiger partial charge in [0, 0.05) is 15.7 Å². The fourth-order valence-electron chi connectivity index (χ4n) is 1.87. The maximum atomic E-state index is 5.99. The molecule has 1 heterocycles. The normalized spacial score (nSPS) is 14.8. The van der Waals surface area contributed by atoms with Gasteiger partial charge in [-0.25, -0.2) is 4.98 Å². The lowest BCUT2D eigenvalue weighted by Crippen LogP contribution is -1.94. The molecule has 92 valence electrons. The van der Waals surface area contributed by atoms with Crippen LogP contribution in [0.4, 0.5) is 0 Å². The summed E-state index contributed by atoms with van der Waals surface area (Å²) in [6.45, 7) is 0. The number of hydrogen-bond acceptors (Lipinski definition) is 2. The molecule has 0 aliphatic heterocycles. The fourth-order valence-corrected chi connectivity index (χ4v) is 2.59. The third-order valence-corrected chi connectivity index (χ3v) is 4.40. The van der Waals surface area contributed by atoms with Crippen LogP contribution in [-0.2, 0) is 0 Å². The highest BCUT2D eigenvalue weighted by Crippen LogP contribution is 2.39. The van der Waals surface area contributed by atoms with Crippen molar-refractivity contribution in [1.82, 2.24) is 9.97 Å². The molecule has 1 saturated carbocycles. The van der Waals surface area contributed by atoms with E-state index in [2.05, 4.69) is 25.9 Å². The van der Waals surface area contributed by atoms with Crippen molar-refractivity contribution in [2.45, 2.75) is 18.8 Å². The molecule has 0 amide bonds. The van der Waals surface area contributed by atoms with Crippen LogP contribution < -0.4 is 0 Å². The van der Waals surface area contributed by atoms with E-state index < -0.39 is 0 Å². The van der Waals surface area contributed by atoms with Gasteiger partial charge < -0.3 is 4.98 Å². The van der Waals surface area contributed by atoms with Gasteiger partial charge in [-0.15, -0.1) is 0 Å². The van der Waals surface area contributed by atoms with Crippen molar-refractivity contribution in [3.05, 3.63) is 44.1 Å². The molecular formula is C13H10BrClN2S. The minimum atomic E-state index is 0.629. The summed E-state index contributed by atoms with van der Waals surface area (Å²) in [7, 11) is 0. The second kappa shape index (κ2) is 4.76. The topological polar surface area (TPSA) is 28.7 Å². The molecule has 0 saturated heterocycles. The summed E-state index contributed by atoms with van der Waals surface area (Å²) >= 11 is 14.6. The minimum absolute atomic E-state index is 0.629. The van der Waals surface area contributed by atoms with Crippen LogP contribution in [-0.4, -0.2) is 9.97 Å². The molecule has 18 heavy (non-hydrogen) atoms. The standard InChI is InChI=1S/C13H10BrClN2S/c14-9-5-8(3-4-10(9)15)13-16-11(7-1-2-7)6-12(18)17-13/h3-7H,1-2H2,(H,16,17,18). The van der Waals surface area contributed by atoms with Gasteiger partial charge in [0.15, 0.2) is 0 Å². The van der Waals surface area contributed by atoms with Crippen molar-refractivity contribution >= 4 is 39.7 Å². The average Bonchev–Trinajstić information content (AvgIpc) is 3.16. The minimum Gasteiger partial charge on any atom is -0.343 e. The van der Waals surface area contributed by atoms with Crippen LogP contribution in [0, 0.1) is 4.64 Å². The van der Waals surface area contributed by atoms with Crippen LogP contribution in [0.1, 0.15) is 24.5 Å². The number of H-pyrrole nitrogens is 1. The summed E-state index contributed by atoms with van der Waals surface area (Å²) < 4.78 is 1.50. The van der Waals surface area contributed by atoms with Crippen molar-refractivity contribution in [1.29, 1.82) is 0 Å². The molecule has 3 rings (SSSR count). The third kappa shape index (κ3) is 2.51. The maximum absolute atomic E-state index is 5.99. The van der Waals surface area contributed by atoms with Gasteiger partial charge in [-0.05, 0) is 59.0 Å². The van der Waals surface area contributed by atoms with Gasteiger partial charge >= 0.3 is 0 Å². The zero-order chi connectivity index (χ0) is 12.7. The Labute approximate surface area is 124 Å². The molecule has 1 fully saturated rings. The van der Waals surface area contributed by atoms with Crippen LogP contribution >= 0.6 is 39.7 Å². The average molecular weight is 342 g/mol. The molecule has 2 nitrogen and oxygen atoms in total. The largest absolute Gasteiger partial charge is 0.343 e. The third-order valence-electron chi connectivity index (χ3n) is 2.97. The zero-order valence-electron chi connectivity index (χ0n) is 9.41. The molecule has 0 unspecified atom stereocenters. The molecule has 1 aliphatic rings. The molecule has 0 radical (unpaired) electrons. The van der Waals surface area contributed by atoms with Crippen LogP contribution in [0.3, 0.4) is 0 Å². The smallest absolute Gasteiger partial charge is 0.139 e. The first-order valence-corrected chi connectivity index (χ1v) is 7.28. The predicted molar refractivity (Wildman–Crippen MR) is 79.5 cm³/mol. The first kappa shape index (κ1) is 12.3. The van der Waals surface area contributed by atoms with Crippen LogP contribution in [0.2, 0.25) is 5.02 Å². The number of aromatic amines is 1. The number of rotatable bonds is 2. The molecule has 1 aromatic carbocycles. The van der Waals surface area contributed by atoms with Gasteiger partial charge in [-0.2, -0.15) is 0 Å². The van der Waals surface area contributed by atoms with Crippen LogP contribution in [0.25, 0.3) is 11.4 Å². The molecular weight excluding hydrogens is 332 g/mol. The molecule has 0 bridgehead atoms. The first-order valence-electron chi connectivity index (χ1n) is 5.70. The van der Waals surface area contributed by atoms with Crippen LogP contribution in [0.5, 0.6) is 0 Å². The van der Waals surface area contributed by atoms with Crippen LogP contribution in [0.15, 0.2) is 28.7 Å². The second-order valence-corrected chi connectivity index (χ2v) is 6.11. The Morgan fingerprint density at radius 3 is 2.78 bits per heavy atom. The summed E-state index contributed by atoms with van der Waals surface area (Å²) in [6.07, 6.45) is 2.47. The van der Waals surface area contributed by atoms with Gasteiger partial charge in [-0.3, -0.25) is 0 Å². The summed E-state index contributed by atoms with van der Waals surface area (Å²) in [5.74, 6) is 1.44. The van der Waals surface area contributed by atoms with E-state index in [9.17, 15) is 0 Å². The number of nitrogens with one attached hydrogen (secondary N) is 1. The van der Waals surface area contributed by atoms with E-state index in [1.165, 1.54) is 18.5 Å². The van der Waals surface area contributed by atoms with E-state index in [0.29, 0.717) is 15.6 Å². The van der Waals surface area contributed by atoms with E-state index in [4.69, 9.17) is 23.8 Å². The zero-order valence-corrected chi connectivity index (χ0v) is 12.6. The second-order valence-electron chi connectivity index (χ2n) is 4.43. The van der Waals surface area contributed by atoms with Gasteiger partial charge in [0.2, 0.25) is 0 Å². The SMILES string of the molecule is S=c1cc(C2CC2)[nH]c(-c2ccc(Cl)c(Br)c2)n1. The van der Waals surface area contributed by atoms with Crippen molar-refractivity contribution in [2.75, 3.05) is 0 Å². The van der Waals surface area contributed by atoms with E-state index in [1.54, 1.807) is 0 Å². The lowest BCUT2D eigenvalue weighted by molar-refractivity contribution is 0.988. The first-order chi connectivity index (χ1) is 8.63. The molecule has 2 aromatic rings. The number of aromatic nitrogens is 2. The van der Waals surface area contributed by atoms with Gasteiger partial charge in [-0.1, -0.05) is 23.8 Å². The Hall–Kier alpha value is -0.710. The quantitative estimate of drug-likeness (QED) is 0.770. The Morgan fingerprint density at radius 2 is 2.11 bits per heavy atom. The number of hydrogen-bond donors (Lipinski definition) is 1. The van der Waals surface area contributed by atoms with Gasteiger partial charge in [0.25, 0.3) is 0 Å². The van der Waals surface area contributed by atoms with E-state index in [-0.39, 0.29) is 0 Å². The monoisotopic (exact) mass is 340 g/mol. The Kier molecular flexibility index (Phi) is 3.26.